The van der Waals surface area contributed by atoms with Crippen molar-refractivity contribution < 1.29 is 32.6 Å². The fourth-order valence-corrected chi connectivity index (χ4v) is 3.15. The molecule has 0 saturated carbocycles. The molecule has 0 radical (unpaired) electrons. The maximum Gasteiger partial charge on any atom is 0.394 e. The summed E-state index contributed by atoms with van der Waals surface area (Å²) in [5.74, 6) is -3.48. The molecule has 0 fully saturated rings. The number of hydrogen-bond acceptors (Lipinski definition) is 3. The maximum absolute atomic E-state index is 14.5. The number of halogens is 3. The van der Waals surface area contributed by atoms with Crippen LogP contribution in [0.3, 0.4) is 0 Å². The lowest BCUT2D eigenvalue weighted by atomic mass is 10.0. The summed E-state index contributed by atoms with van der Waals surface area (Å²) in [4.78, 5) is 23.5. The summed E-state index contributed by atoms with van der Waals surface area (Å²) < 4.78 is 45.1. The zero-order valence-corrected chi connectivity index (χ0v) is 15.4. The van der Waals surface area contributed by atoms with Crippen LogP contribution in [-0.4, -0.2) is 23.1 Å². The molecule has 1 aliphatic rings. The summed E-state index contributed by atoms with van der Waals surface area (Å²) in [5, 5.41) is 11.5. The molecule has 1 atom stereocenters. The zero-order valence-electron chi connectivity index (χ0n) is 15.4. The fraction of sp³-hybridized carbons (Fsp3) is 0.238. The molecule has 0 aromatic heterocycles. The molecule has 2 aromatic carbocycles. The first-order valence-electron chi connectivity index (χ1n) is 8.85. The lowest BCUT2D eigenvalue weighted by Gasteiger charge is -2.14. The summed E-state index contributed by atoms with van der Waals surface area (Å²) in [6.45, 7) is 0.617. The number of anilines is 1. The van der Waals surface area contributed by atoms with Crippen molar-refractivity contribution in [2.45, 2.75) is 25.9 Å². The molecule has 152 valence electrons. The highest BCUT2D eigenvalue weighted by molar-refractivity contribution is 6.07. The van der Waals surface area contributed by atoms with Crippen LogP contribution < -0.4 is 10.1 Å². The first-order chi connectivity index (χ1) is 13.6. The Bertz CT molecular complexity index is 982. The van der Waals surface area contributed by atoms with Gasteiger partial charge in [0.2, 0.25) is 0 Å². The molecule has 2 aromatic rings. The molecular weight excluding hydrogens is 387 g/mol. The van der Waals surface area contributed by atoms with E-state index >= 15 is 0 Å². The molecular formula is C21H18F3NO4. The summed E-state index contributed by atoms with van der Waals surface area (Å²) in [7, 11) is 0. The normalized spacial score (nSPS) is 16.3. The first-order valence-corrected chi connectivity index (χ1v) is 8.85. The molecule has 0 heterocycles. The van der Waals surface area contributed by atoms with Crippen LogP contribution in [0.25, 0.3) is 11.1 Å². The molecule has 0 spiro atoms. The van der Waals surface area contributed by atoms with E-state index in [2.05, 4.69) is 10.1 Å². The number of ether oxygens (including phenoxy) is 1. The number of carbonyl (C=O) groups excluding carboxylic acids is 1. The highest BCUT2D eigenvalue weighted by Gasteiger charge is 2.31. The number of hydrogen-bond donors (Lipinski definition) is 2. The second-order valence-corrected chi connectivity index (χ2v) is 6.71. The van der Waals surface area contributed by atoms with Crippen molar-refractivity contribution in [3.63, 3.8) is 0 Å². The monoisotopic (exact) mass is 405 g/mol. The van der Waals surface area contributed by atoms with Gasteiger partial charge in [-0.1, -0.05) is 24.3 Å². The van der Waals surface area contributed by atoms with Crippen molar-refractivity contribution >= 4 is 17.6 Å². The summed E-state index contributed by atoms with van der Waals surface area (Å²) >= 11 is 0. The van der Waals surface area contributed by atoms with Gasteiger partial charge in [0, 0.05) is 12.5 Å². The second kappa shape index (κ2) is 7.98. The van der Waals surface area contributed by atoms with E-state index in [-0.39, 0.29) is 17.0 Å². The second-order valence-electron chi connectivity index (χ2n) is 6.71. The van der Waals surface area contributed by atoms with E-state index in [1.54, 1.807) is 6.07 Å². The number of alkyl halides is 2. The number of benzene rings is 2. The number of allylic oxidation sites excluding steroid dienone is 1. The van der Waals surface area contributed by atoms with Gasteiger partial charge in [-0.3, -0.25) is 9.59 Å². The topological polar surface area (TPSA) is 75.6 Å². The predicted octanol–water partition coefficient (Wildman–Crippen LogP) is 4.84. The Morgan fingerprint density at radius 1 is 1.17 bits per heavy atom. The summed E-state index contributed by atoms with van der Waals surface area (Å²) in [5.41, 5.74) is 0.844. The van der Waals surface area contributed by atoms with Crippen LogP contribution in [0, 0.1) is 11.7 Å². The molecule has 1 unspecified atom stereocenters. The van der Waals surface area contributed by atoms with Gasteiger partial charge in [-0.05, 0) is 48.2 Å². The van der Waals surface area contributed by atoms with Gasteiger partial charge in [0.1, 0.15) is 11.6 Å². The lowest BCUT2D eigenvalue weighted by Crippen LogP contribution is -2.23. The van der Waals surface area contributed by atoms with Crippen molar-refractivity contribution in [3.8, 4) is 16.9 Å². The van der Waals surface area contributed by atoms with E-state index in [4.69, 9.17) is 5.11 Å². The zero-order chi connectivity index (χ0) is 21.2. The van der Waals surface area contributed by atoms with Crippen LogP contribution >= 0.6 is 0 Å². The third-order valence-electron chi connectivity index (χ3n) is 4.44. The van der Waals surface area contributed by atoms with Crippen LogP contribution in [0.15, 0.2) is 54.1 Å². The largest absolute Gasteiger partial charge is 0.481 e. The molecule has 0 saturated heterocycles. The maximum atomic E-state index is 14.5. The SMILES string of the molecule is CC(F)(F)Oc1cccc(-c2ccc(NC(=O)C3=CCCC3C(=O)O)c(F)c2)c1. The highest BCUT2D eigenvalue weighted by atomic mass is 19.3. The predicted molar refractivity (Wildman–Crippen MR) is 100 cm³/mol. The molecule has 0 aliphatic heterocycles. The van der Waals surface area contributed by atoms with Crippen LogP contribution in [0.1, 0.15) is 19.8 Å². The third-order valence-corrected chi connectivity index (χ3v) is 4.44. The van der Waals surface area contributed by atoms with Gasteiger partial charge in [0.15, 0.2) is 0 Å². The molecule has 0 bridgehead atoms. The summed E-state index contributed by atoms with van der Waals surface area (Å²) in [6, 6.07) is 9.81. The minimum atomic E-state index is -3.35. The van der Waals surface area contributed by atoms with E-state index in [0.717, 1.165) is 6.07 Å². The average molecular weight is 405 g/mol. The number of rotatable bonds is 6. The van der Waals surface area contributed by atoms with Gasteiger partial charge < -0.3 is 15.2 Å². The Morgan fingerprint density at radius 3 is 2.55 bits per heavy atom. The first kappa shape index (κ1) is 20.4. The van der Waals surface area contributed by atoms with E-state index < -0.39 is 29.7 Å². The van der Waals surface area contributed by atoms with Crippen molar-refractivity contribution in [1.29, 1.82) is 0 Å². The molecule has 2 N–H and O–H groups in total. The smallest absolute Gasteiger partial charge is 0.394 e. The number of aliphatic carboxylic acids is 1. The van der Waals surface area contributed by atoms with Crippen LogP contribution in [-0.2, 0) is 9.59 Å². The van der Waals surface area contributed by atoms with Crippen molar-refractivity contribution in [2.75, 3.05) is 5.32 Å². The Labute approximate surface area is 164 Å². The highest BCUT2D eigenvalue weighted by Crippen LogP contribution is 2.31. The summed E-state index contributed by atoms with van der Waals surface area (Å²) in [6.07, 6.45) is -1.01. The quantitative estimate of drug-likeness (QED) is 0.721. The van der Waals surface area contributed by atoms with E-state index in [1.165, 1.54) is 36.4 Å². The molecule has 1 aliphatic carbocycles. The van der Waals surface area contributed by atoms with Crippen LogP contribution in [0.5, 0.6) is 5.75 Å². The van der Waals surface area contributed by atoms with Crippen molar-refractivity contribution in [1.82, 2.24) is 0 Å². The number of carbonyl (C=O) groups is 2. The average Bonchev–Trinajstić information content (AvgIpc) is 3.12. The number of carboxylic acid groups (broad SMARTS) is 1. The van der Waals surface area contributed by atoms with Crippen LogP contribution in [0.4, 0.5) is 18.9 Å². The van der Waals surface area contributed by atoms with Gasteiger partial charge in [-0.2, -0.15) is 8.78 Å². The van der Waals surface area contributed by atoms with Gasteiger partial charge >= 0.3 is 12.1 Å². The molecule has 8 heteroatoms. The fourth-order valence-electron chi connectivity index (χ4n) is 3.15. The van der Waals surface area contributed by atoms with Gasteiger partial charge in [-0.15, -0.1) is 0 Å². The Hall–Kier alpha value is -3.29. The minimum absolute atomic E-state index is 0.0688. The van der Waals surface area contributed by atoms with Crippen molar-refractivity contribution in [2.24, 2.45) is 5.92 Å². The Balaban J connectivity index is 1.78. The lowest BCUT2D eigenvalue weighted by molar-refractivity contribution is -0.158. The van der Waals surface area contributed by atoms with E-state index in [1.807, 2.05) is 0 Å². The number of amides is 1. The van der Waals surface area contributed by atoms with Gasteiger partial charge in [0.05, 0.1) is 11.6 Å². The van der Waals surface area contributed by atoms with Gasteiger partial charge in [0.25, 0.3) is 5.91 Å². The molecule has 29 heavy (non-hydrogen) atoms. The molecule has 5 nitrogen and oxygen atoms in total. The van der Waals surface area contributed by atoms with Gasteiger partial charge in [-0.25, -0.2) is 4.39 Å². The Morgan fingerprint density at radius 2 is 1.90 bits per heavy atom. The van der Waals surface area contributed by atoms with Crippen molar-refractivity contribution in [3.05, 3.63) is 59.9 Å². The van der Waals surface area contributed by atoms with Crippen LogP contribution in [0.2, 0.25) is 0 Å². The standard InChI is InChI=1S/C21H18F3NO4/c1-21(23,24)29-14-5-2-4-12(10-14)13-8-9-18(17(22)11-13)25-19(26)15-6-3-7-16(15)20(27)28/h2,4-6,8-11,16H,3,7H2,1H3,(H,25,26)(H,27,28). The Kier molecular flexibility index (Phi) is 5.63. The third kappa shape index (κ3) is 4.96. The number of nitrogens with one attached hydrogen (secondary N) is 1. The number of carboxylic acids is 1. The minimum Gasteiger partial charge on any atom is -0.481 e. The van der Waals surface area contributed by atoms with E-state index in [0.29, 0.717) is 30.9 Å². The molecule has 1 amide bonds. The molecule has 3 rings (SSSR count). The van der Waals surface area contributed by atoms with E-state index in [9.17, 15) is 22.8 Å².